The number of carbonyl (C=O) groups excluding carboxylic acids is 1. The maximum absolute atomic E-state index is 11.2. The lowest BCUT2D eigenvalue weighted by atomic mass is 10.1. The van der Waals surface area contributed by atoms with Gasteiger partial charge in [0, 0.05) is 12.5 Å². The number of ether oxygens (including phenoxy) is 1. The van der Waals surface area contributed by atoms with E-state index in [2.05, 4.69) is 0 Å². The molecule has 14 heavy (non-hydrogen) atoms. The zero-order chi connectivity index (χ0) is 9.97. The molecule has 0 aromatic heterocycles. The van der Waals surface area contributed by atoms with Crippen LogP contribution in [0.4, 0.5) is 0 Å². The minimum Gasteiger partial charge on any atom is -0.486 e. The van der Waals surface area contributed by atoms with Gasteiger partial charge in [-0.25, -0.2) is 0 Å². The second-order valence-electron chi connectivity index (χ2n) is 3.44. The molecule has 0 saturated carbocycles. The number of ketones is 1. The summed E-state index contributed by atoms with van der Waals surface area (Å²) in [5.74, 6) is 0.838. The van der Waals surface area contributed by atoms with Crippen molar-refractivity contribution in [2.45, 2.75) is 19.4 Å². The average molecular weight is 188 g/mol. The van der Waals surface area contributed by atoms with E-state index in [1.165, 1.54) is 5.56 Å². The Labute approximate surface area is 83.2 Å². The number of carbonyl (C=O) groups is 1. The first-order chi connectivity index (χ1) is 6.75. The van der Waals surface area contributed by atoms with E-state index >= 15 is 0 Å². The van der Waals surface area contributed by atoms with Gasteiger partial charge in [0.25, 0.3) is 0 Å². The molecular weight excluding hydrogens is 176 g/mol. The molecule has 0 amide bonds. The van der Waals surface area contributed by atoms with Gasteiger partial charge in [0.2, 0.25) is 0 Å². The van der Waals surface area contributed by atoms with Crippen LogP contribution in [0.15, 0.2) is 42.2 Å². The molecule has 0 aliphatic carbocycles. The molecule has 0 fully saturated rings. The van der Waals surface area contributed by atoms with Gasteiger partial charge >= 0.3 is 0 Å². The largest absolute Gasteiger partial charge is 0.486 e. The van der Waals surface area contributed by atoms with E-state index in [4.69, 9.17) is 4.74 Å². The molecule has 1 aromatic carbocycles. The number of benzene rings is 1. The maximum atomic E-state index is 11.2. The molecule has 0 N–H and O–H groups in total. The Kier molecular flexibility index (Phi) is 2.35. The quantitative estimate of drug-likeness (QED) is 0.710. The SMILES string of the molecule is CC1OC(Cc2ccccc2)=CC1=O. The van der Waals surface area contributed by atoms with Crippen molar-refractivity contribution in [2.24, 2.45) is 0 Å². The first kappa shape index (κ1) is 9.00. The fraction of sp³-hybridized carbons (Fsp3) is 0.250. The molecule has 0 bridgehead atoms. The van der Waals surface area contributed by atoms with Gasteiger partial charge in [-0.05, 0) is 12.5 Å². The van der Waals surface area contributed by atoms with Crippen LogP contribution in [0, 0.1) is 0 Å². The zero-order valence-electron chi connectivity index (χ0n) is 8.07. The highest BCUT2D eigenvalue weighted by Crippen LogP contribution is 2.17. The van der Waals surface area contributed by atoms with Crippen molar-refractivity contribution in [1.82, 2.24) is 0 Å². The fourth-order valence-electron chi connectivity index (χ4n) is 1.48. The van der Waals surface area contributed by atoms with Crippen molar-refractivity contribution in [3.05, 3.63) is 47.7 Å². The molecule has 0 spiro atoms. The molecule has 1 atom stereocenters. The Morgan fingerprint density at radius 2 is 2.00 bits per heavy atom. The topological polar surface area (TPSA) is 26.3 Å². The van der Waals surface area contributed by atoms with Gasteiger partial charge in [-0.1, -0.05) is 30.3 Å². The van der Waals surface area contributed by atoms with Gasteiger partial charge in [0.05, 0.1) is 0 Å². The Balaban J connectivity index is 2.07. The van der Waals surface area contributed by atoms with Crippen molar-refractivity contribution in [3.63, 3.8) is 0 Å². The Bertz CT molecular complexity index is 365. The molecule has 1 aliphatic rings. The van der Waals surface area contributed by atoms with Gasteiger partial charge < -0.3 is 4.74 Å². The van der Waals surface area contributed by atoms with Gasteiger partial charge in [-0.15, -0.1) is 0 Å². The number of hydrogen-bond donors (Lipinski definition) is 0. The van der Waals surface area contributed by atoms with Gasteiger partial charge in [-0.3, -0.25) is 4.79 Å². The minimum atomic E-state index is -0.297. The second kappa shape index (κ2) is 3.66. The number of rotatable bonds is 2. The molecular formula is C12H12O2. The minimum absolute atomic E-state index is 0.0657. The lowest BCUT2D eigenvalue weighted by Gasteiger charge is -2.06. The summed E-state index contributed by atoms with van der Waals surface area (Å²) in [6, 6.07) is 9.99. The van der Waals surface area contributed by atoms with Crippen LogP contribution in [0.1, 0.15) is 12.5 Å². The molecule has 72 valence electrons. The maximum Gasteiger partial charge on any atom is 0.199 e. The zero-order valence-corrected chi connectivity index (χ0v) is 8.07. The molecule has 1 heterocycles. The van der Waals surface area contributed by atoms with E-state index in [1.807, 2.05) is 30.3 Å². The molecule has 0 saturated heterocycles. The van der Waals surface area contributed by atoms with Crippen LogP contribution in [0.5, 0.6) is 0 Å². The average Bonchev–Trinajstić information content (AvgIpc) is 2.47. The van der Waals surface area contributed by atoms with Crippen molar-refractivity contribution in [2.75, 3.05) is 0 Å². The van der Waals surface area contributed by atoms with E-state index in [1.54, 1.807) is 13.0 Å². The van der Waals surface area contributed by atoms with Crippen molar-refractivity contribution < 1.29 is 9.53 Å². The number of allylic oxidation sites excluding steroid dienone is 1. The smallest absolute Gasteiger partial charge is 0.199 e. The van der Waals surface area contributed by atoms with Crippen LogP contribution in [0.25, 0.3) is 0 Å². The Hall–Kier alpha value is -1.57. The van der Waals surface area contributed by atoms with Gasteiger partial charge in [-0.2, -0.15) is 0 Å². The van der Waals surface area contributed by atoms with E-state index in [0.717, 1.165) is 5.76 Å². The van der Waals surface area contributed by atoms with E-state index in [9.17, 15) is 4.79 Å². The molecule has 2 heteroatoms. The summed E-state index contributed by atoms with van der Waals surface area (Å²) in [4.78, 5) is 11.2. The van der Waals surface area contributed by atoms with Crippen LogP contribution in [-0.2, 0) is 16.0 Å². The Morgan fingerprint density at radius 3 is 2.57 bits per heavy atom. The normalized spacial score (nSPS) is 20.5. The molecule has 0 radical (unpaired) electrons. The molecule has 1 aliphatic heterocycles. The molecule has 2 rings (SSSR count). The number of hydrogen-bond acceptors (Lipinski definition) is 2. The van der Waals surface area contributed by atoms with Gasteiger partial charge in [0.15, 0.2) is 11.9 Å². The molecule has 1 unspecified atom stereocenters. The lowest BCUT2D eigenvalue weighted by Crippen LogP contribution is -2.10. The van der Waals surface area contributed by atoms with Crippen LogP contribution < -0.4 is 0 Å². The third kappa shape index (κ3) is 1.84. The summed E-state index contributed by atoms with van der Waals surface area (Å²) in [6.07, 6.45) is 2.00. The Morgan fingerprint density at radius 1 is 1.29 bits per heavy atom. The standard InChI is InChI=1S/C12H12O2/c1-9-12(13)8-11(14-9)7-10-5-3-2-4-6-10/h2-6,8-9H,7H2,1H3. The van der Waals surface area contributed by atoms with E-state index in [0.29, 0.717) is 6.42 Å². The van der Waals surface area contributed by atoms with Crippen LogP contribution >= 0.6 is 0 Å². The third-order valence-electron chi connectivity index (χ3n) is 2.25. The van der Waals surface area contributed by atoms with Crippen LogP contribution in [0.3, 0.4) is 0 Å². The highest BCUT2D eigenvalue weighted by molar-refractivity contribution is 5.95. The van der Waals surface area contributed by atoms with Crippen LogP contribution in [-0.4, -0.2) is 11.9 Å². The summed E-state index contributed by atoms with van der Waals surface area (Å²) in [6.45, 7) is 1.77. The monoisotopic (exact) mass is 188 g/mol. The summed E-state index contributed by atoms with van der Waals surface area (Å²) >= 11 is 0. The third-order valence-corrected chi connectivity index (χ3v) is 2.25. The van der Waals surface area contributed by atoms with Crippen molar-refractivity contribution >= 4 is 5.78 Å². The first-order valence-electron chi connectivity index (χ1n) is 4.71. The van der Waals surface area contributed by atoms with Gasteiger partial charge in [0.1, 0.15) is 5.76 Å². The predicted octanol–water partition coefficient (Wildman–Crippen LogP) is 2.10. The molecule has 2 nitrogen and oxygen atoms in total. The fourth-order valence-corrected chi connectivity index (χ4v) is 1.48. The predicted molar refractivity (Wildman–Crippen MR) is 53.8 cm³/mol. The summed E-state index contributed by atoms with van der Waals surface area (Å²) in [5, 5.41) is 0. The molecule has 1 aromatic rings. The highest BCUT2D eigenvalue weighted by atomic mass is 16.5. The lowest BCUT2D eigenvalue weighted by molar-refractivity contribution is -0.119. The summed E-state index contributed by atoms with van der Waals surface area (Å²) in [5.41, 5.74) is 1.17. The van der Waals surface area contributed by atoms with Crippen molar-refractivity contribution in [3.8, 4) is 0 Å². The summed E-state index contributed by atoms with van der Waals surface area (Å²) < 4.78 is 5.39. The first-order valence-corrected chi connectivity index (χ1v) is 4.71. The van der Waals surface area contributed by atoms with Crippen molar-refractivity contribution in [1.29, 1.82) is 0 Å². The van der Waals surface area contributed by atoms with Crippen LogP contribution in [0.2, 0.25) is 0 Å². The van der Waals surface area contributed by atoms with E-state index in [-0.39, 0.29) is 11.9 Å². The second-order valence-corrected chi connectivity index (χ2v) is 3.44. The van der Waals surface area contributed by atoms with E-state index < -0.39 is 0 Å². The summed E-state index contributed by atoms with van der Waals surface area (Å²) in [7, 11) is 0. The highest BCUT2D eigenvalue weighted by Gasteiger charge is 2.21.